The van der Waals surface area contributed by atoms with E-state index in [1.165, 1.54) is 19.3 Å². The molecule has 200 valence electrons. The zero-order valence-corrected chi connectivity index (χ0v) is 21.6. The Kier molecular flexibility index (Phi) is 6.56. The molecule has 0 unspecified atom stereocenters. The number of furan rings is 1. The van der Waals surface area contributed by atoms with Gasteiger partial charge in [-0.3, -0.25) is 4.79 Å². The molecule has 0 radical (unpaired) electrons. The number of carbonyl (C=O) groups is 2. The molecular formula is C30H30N4O5. The first-order chi connectivity index (χ1) is 19.0. The summed E-state index contributed by atoms with van der Waals surface area (Å²) < 4.78 is 12.9. The molecule has 1 saturated carbocycles. The van der Waals surface area contributed by atoms with Crippen LogP contribution in [0.4, 0.5) is 0 Å². The van der Waals surface area contributed by atoms with E-state index in [2.05, 4.69) is 14.9 Å². The van der Waals surface area contributed by atoms with E-state index in [4.69, 9.17) is 14.1 Å². The Morgan fingerprint density at radius 1 is 1.18 bits per heavy atom. The molecule has 0 saturated heterocycles. The van der Waals surface area contributed by atoms with Crippen LogP contribution in [-0.4, -0.2) is 44.7 Å². The van der Waals surface area contributed by atoms with Crippen LogP contribution in [0.25, 0.3) is 33.3 Å². The van der Waals surface area contributed by atoms with Crippen molar-refractivity contribution < 1.29 is 23.8 Å². The Morgan fingerprint density at radius 3 is 2.77 bits per heavy atom. The first-order valence-corrected chi connectivity index (χ1v) is 13.2. The van der Waals surface area contributed by atoms with Crippen LogP contribution in [0.3, 0.4) is 0 Å². The Balaban J connectivity index is 1.29. The van der Waals surface area contributed by atoms with Crippen LogP contribution in [0.15, 0.2) is 65.6 Å². The minimum Gasteiger partial charge on any atom is -0.497 e. The lowest BCUT2D eigenvalue weighted by Gasteiger charge is -2.25. The van der Waals surface area contributed by atoms with Gasteiger partial charge < -0.3 is 29.1 Å². The Hall–Kier alpha value is -4.53. The van der Waals surface area contributed by atoms with Gasteiger partial charge in [0.05, 0.1) is 30.0 Å². The minimum atomic E-state index is -1.11. The number of methoxy groups -OCH3 is 1. The Morgan fingerprint density at radius 2 is 2.03 bits per heavy atom. The summed E-state index contributed by atoms with van der Waals surface area (Å²) in [6.07, 6.45) is 11.0. The lowest BCUT2D eigenvalue weighted by atomic mass is 9.95. The smallest absolute Gasteiger partial charge is 0.326 e. The lowest BCUT2D eigenvalue weighted by molar-refractivity contribution is -0.139. The summed E-state index contributed by atoms with van der Waals surface area (Å²) in [6.45, 7) is 0. The number of benzene rings is 2. The largest absolute Gasteiger partial charge is 0.497 e. The highest BCUT2D eigenvalue weighted by molar-refractivity contribution is 6.00. The minimum absolute atomic E-state index is 0.122. The van der Waals surface area contributed by atoms with Gasteiger partial charge >= 0.3 is 5.97 Å². The van der Waals surface area contributed by atoms with Crippen LogP contribution >= 0.6 is 0 Å². The van der Waals surface area contributed by atoms with Gasteiger partial charge in [0.25, 0.3) is 5.91 Å². The van der Waals surface area contributed by atoms with E-state index in [1.807, 2.05) is 30.3 Å². The molecule has 1 aliphatic carbocycles. The number of rotatable bonds is 8. The predicted octanol–water partition coefficient (Wildman–Crippen LogP) is 5.72. The summed E-state index contributed by atoms with van der Waals surface area (Å²) in [5, 5.41) is 13.5. The van der Waals surface area contributed by atoms with Crippen LogP contribution in [0.5, 0.6) is 5.75 Å². The average molecular weight is 527 g/mol. The van der Waals surface area contributed by atoms with Gasteiger partial charge in [-0.15, -0.1) is 0 Å². The third-order valence-corrected chi connectivity index (χ3v) is 7.67. The fraction of sp³-hybridized carbons (Fsp3) is 0.300. The molecule has 1 atom stereocenters. The highest BCUT2D eigenvalue weighted by Gasteiger charge is 2.25. The molecule has 1 fully saturated rings. The first kappa shape index (κ1) is 24.8. The number of hydrogen-bond donors (Lipinski definition) is 3. The maximum absolute atomic E-state index is 13.3. The van der Waals surface area contributed by atoms with Crippen molar-refractivity contribution in [2.45, 2.75) is 50.6 Å². The van der Waals surface area contributed by atoms with Gasteiger partial charge in [-0.25, -0.2) is 9.78 Å². The summed E-state index contributed by atoms with van der Waals surface area (Å²) in [7, 11) is 1.58. The second-order valence-electron chi connectivity index (χ2n) is 10.1. The molecule has 0 aliphatic heterocycles. The number of amides is 1. The van der Waals surface area contributed by atoms with Crippen LogP contribution in [0, 0.1) is 0 Å². The van der Waals surface area contributed by atoms with Crippen molar-refractivity contribution in [1.29, 1.82) is 0 Å². The van der Waals surface area contributed by atoms with Crippen molar-refractivity contribution in [3.63, 3.8) is 0 Å². The molecule has 9 heteroatoms. The maximum atomic E-state index is 13.3. The van der Waals surface area contributed by atoms with E-state index in [1.54, 1.807) is 38.0 Å². The molecule has 6 rings (SSSR count). The van der Waals surface area contributed by atoms with Crippen LogP contribution in [0.1, 0.15) is 54.1 Å². The van der Waals surface area contributed by atoms with Crippen LogP contribution < -0.4 is 10.1 Å². The van der Waals surface area contributed by atoms with Crippen molar-refractivity contribution >= 4 is 33.8 Å². The number of carboxylic acid groups (broad SMARTS) is 1. The van der Waals surface area contributed by atoms with Crippen LogP contribution in [0.2, 0.25) is 0 Å². The van der Waals surface area contributed by atoms with E-state index < -0.39 is 17.9 Å². The SMILES string of the molecule is COc1ccc2[nH]cc(C[C@H](NC(=O)c3ccc4c(c3)nc(-c3ccoc3)n4C3CCCCC3)C(=O)O)c2c1. The number of nitrogens with one attached hydrogen (secondary N) is 2. The number of aromatic nitrogens is 3. The topological polar surface area (TPSA) is 122 Å². The summed E-state index contributed by atoms with van der Waals surface area (Å²) in [6, 6.07) is 12.1. The molecule has 9 nitrogen and oxygen atoms in total. The number of H-pyrrole nitrogens is 1. The van der Waals surface area contributed by atoms with E-state index in [-0.39, 0.29) is 6.42 Å². The zero-order valence-electron chi connectivity index (χ0n) is 21.6. The normalized spacial score (nSPS) is 15.0. The number of nitrogens with zero attached hydrogens (tertiary/aromatic N) is 2. The molecule has 3 N–H and O–H groups in total. The first-order valence-electron chi connectivity index (χ1n) is 13.2. The molecule has 0 bridgehead atoms. The summed E-state index contributed by atoms with van der Waals surface area (Å²) in [5.74, 6) is -0.0688. The van der Waals surface area contributed by atoms with Gasteiger partial charge in [0.2, 0.25) is 0 Å². The third kappa shape index (κ3) is 4.76. The van der Waals surface area contributed by atoms with E-state index in [0.717, 1.165) is 46.2 Å². The number of hydrogen-bond acceptors (Lipinski definition) is 5. The highest BCUT2D eigenvalue weighted by atomic mass is 16.5. The van der Waals surface area contributed by atoms with Gasteiger partial charge in [-0.2, -0.15) is 0 Å². The van der Waals surface area contributed by atoms with E-state index in [9.17, 15) is 14.7 Å². The molecule has 39 heavy (non-hydrogen) atoms. The third-order valence-electron chi connectivity index (χ3n) is 7.67. The lowest BCUT2D eigenvalue weighted by Crippen LogP contribution is -2.42. The molecule has 0 spiro atoms. The fourth-order valence-electron chi connectivity index (χ4n) is 5.66. The van der Waals surface area contributed by atoms with E-state index >= 15 is 0 Å². The molecule has 3 heterocycles. The number of fused-ring (bicyclic) bond motifs is 2. The Labute approximate surface area is 224 Å². The summed E-state index contributed by atoms with van der Waals surface area (Å²) in [5.41, 5.74) is 4.55. The van der Waals surface area contributed by atoms with Crippen molar-refractivity contribution in [3.8, 4) is 17.1 Å². The molecule has 1 aliphatic rings. The van der Waals surface area contributed by atoms with Crippen molar-refractivity contribution in [1.82, 2.24) is 19.9 Å². The monoisotopic (exact) mass is 526 g/mol. The van der Waals surface area contributed by atoms with Crippen molar-refractivity contribution in [2.75, 3.05) is 7.11 Å². The van der Waals surface area contributed by atoms with Crippen molar-refractivity contribution in [2.24, 2.45) is 0 Å². The molecule has 5 aromatic rings. The van der Waals surface area contributed by atoms with Gasteiger partial charge in [0.1, 0.15) is 23.9 Å². The fourth-order valence-corrected chi connectivity index (χ4v) is 5.66. The van der Waals surface area contributed by atoms with Gasteiger partial charge in [0.15, 0.2) is 0 Å². The molecule has 1 amide bonds. The van der Waals surface area contributed by atoms with Gasteiger partial charge in [-0.1, -0.05) is 19.3 Å². The highest BCUT2D eigenvalue weighted by Crippen LogP contribution is 2.36. The summed E-state index contributed by atoms with van der Waals surface area (Å²) in [4.78, 5) is 33.5. The average Bonchev–Trinajstić information content (AvgIpc) is 3.71. The number of carboxylic acids is 1. The second-order valence-corrected chi connectivity index (χ2v) is 10.1. The number of aromatic amines is 1. The van der Waals surface area contributed by atoms with Gasteiger partial charge in [-0.05, 0) is 60.9 Å². The Bertz CT molecular complexity index is 1640. The molecule has 3 aromatic heterocycles. The number of carbonyl (C=O) groups excluding carboxylic acids is 1. The zero-order chi connectivity index (χ0) is 26.9. The maximum Gasteiger partial charge on any atom is 0.326 e. The van der Waals surface area contributed by atoms with Gasteiger partial charge in [0, 0.05) is 35.1 Å². The van der Waals surface area contributed by atoms with E-state index in [0.29, 0.717) is 22.9 Å². The predicted molar refractivity (Wildman–Crippen MR) is 147 cm³/mol. The van der Waals surface area contributed by atoms with Crippen molar-refractivity contribution in [3.05, 3.63) is 72.3 Å². The summed E-state index contributed by atoms with van der Waals surface area (Å²) >= 11 is 0. The number of aliphatic carboxylic acids is 1. The number of imidazole rings is 1. The number of ether oxygens (including phenoxy) is 1. The standard InChI is InChI=1S/C30H30N4O5/c1-38-22-8-9-24-23(15-22)20(16-31-24)14-26(30(36)37)33-29(35)18-7-10-27-25(13-18)32-28(19-11-12-39-17-19)34(27)21-5-3-2-4-6-21/h7-13,15-17,21,26,31H,2-6,14H2,1H3,(H,33,35)(H,36,37)/t26-/m0/s1. The molecular weight excluding hydrogens is 496 g/mol. The second kappa shape index (κ2) is 10.3. The molecule has 2 aromatic carbocycles. The quantitative estimate of drug-likeness (QED) is 0.238. The van der Waals surface area contributed by atoms with Crippen LogP contribution in [-0.2, 0) is 11.2 Å².